The van der Waals surface area contributed by atoms with Crippen LogP contribution in [-0.2, 0) is 26.6 Å². The summed E-state index contributed by atoms with van der Waals surface area (Å²) in [4.78, 5) is 0. The summed E-state index contributed by atoms with van der Waals surface area (Å²) < 4.78 is 7.64. The molecule has 5 heteroatoms. The van der Waals surface area contributed by atoms with Crippen LogP contribution in [0.3, 0.4) is 0 Å². The van der Waals surface area contributed by atoms with Crippen LogP contribution in [0.1, 0.15) is 22.4 Å². The van der Waals surface area contributed by atoms with E-state index in [1.54, 1.807) is 10.9 Å². The zero-order valence-electron chi connectivity index (χ0n) is 11.3. The second kappa shape index (κ2) is 5.01. The zero-order valence-corrected chi connectivity index (χ0v) is 11.3. The molecule has 1 aliphatic heterocycles. The third kappa shape index (κ3) is 2.33. The highest BCUT2D eigenvalue weighted by atomic mass is 16.5. The molecule has 0 unspecified atom stereocenters. The molecule has 0 radical (unpaired) electrons. The molecule has 1 aromatic heterocycles. The fourth-order valence-corrected chi connectivity index (χ4v) is 2.49. The van der Waals surface area contributed by atoms with Crippen LogP contribution in [0.4, 0.5) is 0 Å². The van der Waals surface area contributed by atoms with Gasteiger partial charge in [0, 0.05) is 13.6 Å². The molecule has 0 atom stereocenters. The van der Waals surface area contributed by atoms with Crippen LogP contribution in [0.25, 0.3) is 0 Å². The fourth-order valence-electron chi connectivity index (χ4n) is 2.49. The molecule has 1 aliphatic rings. The summed E-state index contributed by atoms with van der Waals surface area (Å²) in [5.74, 6) is 0.960. The normalized spacial score (nSPS) is 14.2. The van der Waals surface area contributed by atoms with E-state index < -0.39 is 0 Å². The Kier molecular flexibility index (Phi) is 3.21. The van der Waals surface area contributed by atoms with Crippen molar-refractivity contribution in [2.75, 3.05) is 6.54 Å². The molecule has 0 aliphatic carbocycles. The number of fused-ring (bicyclic) bond motifs is 1. The summed E-state index contributed by atoms with van der Waals surface area (Å²) in [5.41, 5.74) is 5.05. The minimum atomic E-state index is 0.501. The minimum Gasteiger partial charge on any atom is -0.487 e. The van der Waals surface area contributed by atoms with E-state index in [2.05, 4.69) is 34.7 Å². The van der Waals surface area contributed by atoms with E-state index in [0.29, 0.717) is 6.61 Å². The molecule has 0 amide bonds. The first-order valence-corrected chi connectivity index (χ1v) is 6.54. The topological polar surface area (TPSA) is 52.0 Å². The molecule has 0 bridgehead atoms. The average Bonchev–Trinajstić information content (AvgIpc) is 2.84. The Balaban J connectivity index is 1.80. The largest absolute Gasteiger partial charge is 0.487 e. The van der Waals surface area contributed by atoms with E-state index in [0.717, 1.165) is 31.0 Å². The molecule has 2 heterocycles. The van der Waals surface area contributed by atoms with Gasteiger partial charge in [-0.15, -0.1) is 5.10 Å². The Hall–Kier alpha value is -1.88. The standard InChI is InChI=1S/C14H18N4O/c1-10-13-5-6-15-7-11(13)3-4-14(10)19-9-12-8-16-17-18(12)2/h3-4,8,15H,5-7,9H2,1-2H3. The Bertz CT molecular complexity index is 591. The summed E-state index contributed by atoms with van der Waals surface area (Å²) in [6.07, 6.45) is 2.81. The van der Waals surface area contributed by atoms with Crippen LogP contribution in [-0.4, -0.2) is 21.5 Å². The molecule has 0 saturated carbocycles. The maximum Gasteiger partial charge on any atom is 0.132 e. The monoisotopic (exact) mass is 258 g/mol. The number of nitrogens with one attached hydrogen (secondary N) is 1. The lowest BCUT2D eigenvalue weighted by Crippen LogP contribution is -2.24. The number of rotatable bonds is 3. The van der Waals surface area contributed by atoms with Gasteiger partial charge in [-0.2, -0.15) is 0 Å². The third-order valence-electron chi connectivity index (χ3n) is 3.70. The van der Waals surface area contributed by atoms with Gasteiger partial charge in [-0.1, -0.05) is 11.3 Å². The predicted molar refractivity (Wildman–Crippen MR) is 71.9 cm³/mol. The third-order valence-corrected chi connectivity index (χ3v) is 3.70. The molecule has 3 rings (SSSR count). The lowest BCUT2D eigenvalue weighted by atomic mass is 9.95. The molecular formula is C14H18N4O. The van der Waals surface area contributed by atoms with Crippen molar-refractivity contribution >= 4 is 0 Å². The van der Waals surface area contributed by atoms with Crippen LogP contribution >= 0.6 is 0 Å². The van der Waals surface area contributed by atoms with Gasteiger partial charge in [0.2, 0.25) is 0 Å². The van der Waals surface area contributed by atoms with Gasteiger partial charge in [0.25, 0.3) is 0 Å². The first-order valence-electron chi connectivity index (χ1n) is 6.54. The van der Waals surface area contributed by atoms with Crippen molar-refractivity contribution < 1.29 is 4.74 Å². The van der Waals surface area contributed by atoms with Crippen LogP contribution < -0.4 is 10.1 Å². The Morgan fingerprint density at radius 1 is 1.42 bits per heavy atom. The molecule has 19 heavy (non-hydrogen) atoms. The van der Waals surface area contributed by atoms with Crippen molar-refractivity contribution in [3.05, 3.63) is 40.7 Å². The Morgan fingerprint density at radius 2 is 2.32 bits per heavy atom. The zero-order chi connectivity index (χ0) is 13.2. The molecular weight excluding hydrogens is 240 g/mol. The molecule has 2 aromatic rings. The average molecular weight is 258 g/mol. The number of hydrogen-bond donors (Lipinski definition) is 1. The predicted octanol–water partition coefficient (Wildman–Crippen LogP) is 1.35. The van der Waals surface area contributed by atoms with Crippen molar-refractivity contribution in [3.63, 3.8) is 0 Å². The minimum absolute atomic E-state index is 0.501. The molecule has 1 N–H and O–H groups in total. The van der Waals surface area contributed by atoms with Gasteiger partial charge in [0.1, 0.15) is 12.4 Å². The number of aryl methyl sites for hydroxylation is 1. The van der Waals surface area contributed by atoms with Gasteiger partial charge >= 0.3 is 0 Å². The smallest absolute Gasteiger partial charge is 0.132 e. The maximum absolute atomic E-state index is 5.91. The molecule has 5 nitrogen and oxygen atoms in total. The quantitative estimate of drug-likeness (QED) is 0.903. The molecule has 100 valence electrons. The highest BCUT2D eigenvalue weighted by molar-refractivity contribution is 5.45. The van der Waals surface area contributed by atoms with Crippen molar-refractivity contribution in [1.82, 2.24) is 20.3 Å². The highest BCUT2D eigenvalue weighted by Crippen LogP contribution is 2.27. The second-order valence-corrected chi connectivity index (χ2v) is 4.89. The lowest BCUT2D eigenvalue weighted by Gasteiger charge is -2.21. The van der Waals surface area contributed by atoms with E-state index in [-0.39, 0.29) is 0 Å². The SMILES string of the molecule is Cc1c(OCc2cnnn2C)ccc2c1CCNC2. The van der Waals surface area contributed by atoms with Gasteiger partial charge in [0.15, 0.2) is 0 Å². The van der Waals surface area contributed by atoms with Gasteiger partial charge in [-0.25, -0.2) is 4.68 Å². The van der Waals surface area contributed by atoms with Crippen molar-refractivity contribution in [2.45, 2.75) is 26.5 Å². The van der Waals surface area contributed by atoms with Crippen LogP contribution in [0, 0.1) is 6.92 Å². The Labute approximate surface area is 112 Å². The van der Waals surface area contributed by atoms with Gasteiger partial charge in [-0.05, 0) is 42.6 Å². The number of nitrogens with zero attached hydrogens (tertiary/aromatic N) is 3. The van der Waals surface area contributed by atoms with Crippen molar-refractivity contribution in [2.24, 2.45) is 7.05 Å². The number of hydrogen-bond acceptors (Lipinski definition) is 4. The van der Waals surface area contributed by atoms with E-state index in [1.165, 1.54) is 16.7 Å². The summed E-state index contributed by atoms with van der Waals surface area (Å²) in [6, 6.07) is 4.22. The van der Waals surface area contributed by atoms with E-state index in [9.17, 15) is 0 Å². The van der Waals surface area contributed by atoms with Gasteiger partial charge in [0.05, 0.1) is 11.9 Å². The molecule has 0 saturated heterocycles. The first kappa shape index (κ1) is 12.2. The van der Waals surface area contributed by atoms with Crippen LogP contribution in [0.15, 0.2) is 18.3 Å². The summed E-state index contributed by atoms with van der Waals surface area (Å²) in [6.45, 7) is 4.65. The first-order chi connectivity index (χ1) is 9.25. The number of ether oxygens (including phenoxy) is 1. The van der Waals surface area contributed by atoms with Crippen molar-refractivity contribution in [1.29, 1.82) is 0 Å². The summed E-state index contributed by atoms with van der Waals surface area (Å²) in [7, 11) is 1.87. The van der Waals surface area contributed by atoms with Crippen LogP contribution in [0.2, 0.25) is 0 Å². The molecule has 1 aromatic carbocycles. The Morgan fingerprint density at radius 3 is 3.11 bits per heavy atom. The summed E-state index contributed by atoms with van der Waals surface area (Å²) in [5, 5.41) is 11.1. The van der Waals surface area contributed by atoms with E-state index >= 15 is 0 Å². The van der Waals surface area contributed by atoms with Crippen molar-refractivity contribution in [3.8, 4) is 5.75 Å². The van der Waals surface area contributed by atoms with E-state index in [1.807, 2.05) is 7.05 Å². The van der Waals surface area contributed by atoms with Gasteiger partial charge < -0.3 is 10.1 Å². The second-order valence-electron chi connectivity index (χ2n) is 4.89. The maximum atomic E-state index is 5.91. The van der Waals surface area contributed by atoms with E-state index in [4.69, 9.17) is 4.74 Å². The highest BCUT2D eigenvalue weighted by Gasteiger charge is 2.14. The number of aromatic nitrogens is 3. The van der Waals surface area contributed by atoms with Crippen LogP contribution in [0.5, 0.6) is 5.75 Å². The summed E-state index contributed by atoms with van der Waals surface area (Å²) >= 11 is 0. The van der Waals surface area contributed by atoms with Gasteiger partial charge in [-0.3, -0.25) is 0 Å². The number of benzene rings is 1. The fraction of sp³-hybridized carbons (Fsp3) is 0.429. The molecule has 0 spiro atoms. The molecule has 0 fully saturated rings. The lowest BCUT2D eigenvalue weighted by molar-refractivity contribution is 0.292.